The van der Waals surface area contributed by atoms with Crippen molar-refractivity contribution in [3.05, 3.63) is 58.5 Å². The summed E-state index contributed by atoms with van der Waals surface area (Å²) >= 11 is 6.17. The SMILES string of the molecule is CC(=O)NCC(Oc1cc(C(F)(F)F)nn1-c1ccccc1Cl)n1nc(C)cc1C. The highest BCUT2D eigenvalue weighted by atomic mass is 35.5. The highest BCUT2D eigenvalue weighted by Gasteiger charge is 2.36. The number of ether oxygens (including phenoxy) is 1. The molecule has 0 aliphatic heterocycles. The van der Waals surface area contributed by atoms with E-state index in [-0.39, 0.29) is 29.0 Å². The van der Waals surface area contributed by atoms with E-state index in [0.29, 0.717) is 11.4 Å². The van der Waals surface area contributed by atoms with Crippen LogP contribution in [0.1, 0.15) is 30.2 Å². The van der Waals surface area contributed by atoms with E-state index in [2.05, 4.69) is 15.5 Å². The smallest absolute Gasteiger partial charge is 0.435 e. The second kappa shape index (κ2) is 8.39. The molecule has 1 unspecified atom stereocenters. The monoisotopic (exact) mass is 441 g/mol. The Morgan fingerprint density at radius 2 is 1.93 bits per heavy atom. The van der Waals surface area contributed by atoms with Crippen LogP contribution in [-0.2, 0) is 11.0 Å². The van der Waals surface area contributed by atoms with Crippen molar-refractivity contribution in [2.45, 2.75) is 33.2 Å². The van der Waals surface area contributed by atoms with E-state index in [9.17, 15) is 18.0 Å². The highest BCUT2D eigenvalue weighted by Crippen LogP contribution is 2.34. The minimum absolute atomic E-state index is 0.0215. The van der Waals surface area contributed by atoms with E-state index in [0.717, 1.165) is 10.7 Å². The number of rotatable bonds is 6. The number of alkyl halides is 3. The molecule has 2 aromatic heterocycles. The lowest BCUT2D eigenvalue weighted by atomic mass is 10.3. The van der Waals surface area contributed by atoms with Crippen LogP contribution in [0, 0.1) is 13.8 Å². The molecule has 0 fully saturated rings. The van der Waals surface area contributed by atoms with Gasteiger partial charge in [-0.2, -0.15) is 28.1 Å². The molecule has 0 aliphatic carbocycles. The molecule has 0 radical (unpaired) electrons. The third-order valence-corrected chi connectivity index (χ3v) is 4.47. The van der Waals surface area contributed by atoms with Gasteiger partial charge < -0.3 is 10.1 Å². The van der Waals surface area contributed by atoms with Gasteiger partial charge >= 0.3 is 6.18 Å². The molecule has 1 atom stereocenters. The zero-order valence-corrected chi connectivity index (χ0v) is 17.1. The van der Waals surface area contributed by atoms with Crippen molar-refractivity contribution < 1.29 is 22.7 Å². The van der Waals surface area contributed by atoms with Crippen molar-refractivity contribution in [2.24, 2.45) is 0 Å². The first-order chi connectivity index (χ1) is 14.1. The average molecular weight is 442 g/mol. The van der Waals surface area contributed by atoms with Crippen molar-refractivity contribution in [3.8, 4) is 11.6 Å². The predicted molar refractivity (Wildman–Crippen MR) is 104 cm³/mol. The van der Waals surface area contributed by atoms with E-state index in [1.807, 2.05) is 0 Å². The summed E-state index contributed by atoms with van der Waals surface area (Å²) < 4.78 is 48.4. The first kappa shape index (κ1) is 21.7. The number of aromatic nitrogens is 4. The molecule has 11 heteroatoms. The summed E-state index contributed by atoms with van der Waals surface area (Å²) in [5, 5.41) is 10.8. The topological polar surface area (TPSA) is 74.0 Å². The summed E-state index contributed by atoms with van der Waals surface area (Å²) in [5.74, 6) is -0.515. The molecule has 3 aromatic rings. The number of carbonyl (C=O) groups excluding carboxylic acids is 1. The van der Waals surface area contributed by atoms with Crippen LogP contribution in [-0.4, -0.2) is 32.0 Å². The second-order valence-corrected chi connectivity index (χ2v) is 7.02. The predicted octanol–water partition coefficient (Wildman–Crippen LogP) is 4.07. The van der Waals surface area contributed by atoms with Crippen molar-refractivity contribution in [1.29, 1.82) is 0 Å². The number of benzene rings is 1. The maximum Gasteiger partial charge on any atom is 0.435 e. The quantitative estimate of drug-likeness (QED) is 0.625. The Morgan fingerprint density at radius 1 is 1.23 bits per heavy atom. The molecule has 1 N–H and O–H groups in total. The number of nitrogens with zero attached hydrogens (tertiary/aromatic N) is 4. The Kier molecular flexibility index (Phi) is 6.06. The maximum absolute atomic E-state index is 13.3. The normalized spacial score (nSPS) is 12.6. The molecule has 1 amide bonds. The van der Waals surface area contributed by atoms with Gasteiger partial charge in [-0.05, 0) is 32.0 Å². The van der Waals surface area contributed by atoms with E-state index < -0.39 is 18.1 Å². The fourth-order valence-electron chi connectivity index (χ4n) is 2.87. The first-order valence-corrected chi connectivity index (χ1v) is 9.30. The lowest BCUT2D eigenvalue weighted by Crippen LogP contribution is -2.33. The number of hydrogen-bond donors (Lipinski definition) is 1. The molecule has 1 aromatic carbocycles. The molecule has 2 heterocycles. The summed E-state index contributed by atoms with van der Waals surface area (Å²) in [6.07, 6.45) is -5.60. The second-order valence-electron chi connectivity index (χ2n) is 6.61. The van der Waals surface area contributed by atoms with Crippen LogP contribution in [0.25, 0.3) is 5.69 Å². The van der Waals surface area contributed by atoms with Crippen LogP contribution in [0.15, 0.2) is 36.4 Å². The van der Waals surface area contributed by atoms with Crippen LogP contribution in [0.4, 0.5) is 13.2 Å². The molecule has 0 saturated heterocycles. The number of carbonyl (C=O) groups is 1. The minimum atomic E-state index is -4.68. The molecule has 0 bridgehead atoms. The van der Waals surface area contributed by atoms with Crippen LogP contribution < -0.4 is 10.1 Å². The van der Waals surface area contributed by atoms with E-state index in [1.165, 1.54) is 23.7 Å². The van der Waals surface area contributed by atoms with Gasteiger partial charge in [0.15, 0.2) is 5.69 Å². The van der Waals surface area contributed by atoms with Crippen molar-refractivity contribution in [3.63, 3.8) is 0 Å². The van der Waals surface area contributed by atoms with Gasteiger partial charge in [-0.3, -0.25) is 4.79 Å². The van der Waals surface area contributed by atoms with Crippen molar-refractivity contribution in [1.82, 2.24) is 24.9 Å². The lowest BCUT2D eigenvalue weighted by molar-refractivity contribution is -0.141. The van der Waals surface area contributed by atoms with Gasteiger partial charge in [-0.1, -0.05) is 23.7 Å². The van der Waals surface area contributed by atoms with Crippen molar-refractivity contribution in [2.75, 3.05) is 6.54 Å². The highest BCUT2D eigenvalue weighted by molar-refractivity contribution is 6.32. The fourth-order valence-corrected chi connectivity index (χ4v) is 3.08. The summed E-state index contributed by atoms with van der Waals surface area (Å²) in [7, 11) is 0. The third-order valence-electron chi connectivity index (χ3n) is 4.15. The standard InChI is InChI=1S/C19H19ClF3N5O2/c1-11-8-12(2)27(25-11)18(10-24-13(3)29)30-17-9-16(19(21,22)23)26-28(17)15-7-5-4-6-14(15)20/h4-9,18H,10H2,1-3H3,(H,24,29). The number of nitrogens with one attached hydrogen (secondary N) is 1. The number of aryl methyl sites for hydroxylation is 2. The van der Waals surface area contributed by atoms with Gasteiger partial charge in [0.2, 0.25) is 18.0 Å². The Morgan fingerprint density at radius 3 is 2.50 bits per heavy atom. The Balaban J connectivity index is 2.07. The molecular weight excluding hydrogens is 423 g/mol. The van der Waals surface area contributed by atoms with Crippen LogP contribution in [0.2, 0.25) is 5.02 Å². The molecule has 0 saturated carbocycles. The molecule has 3 rings (SSSR count). The van der Waals surface area contributed by atoms with Gasteiger partial charge in [-0.15, -0.1) is 0 Å². The van der Waals surface area contributed by atoms with E-state index >= 15 is 0 Å². The summed E-state index contributed by atoms with van der Waals surface area (Å²) in [4.78, 5) is 11.4. The van der Waals surface area contributed by atoms with E-state index in [4.69, 9.17) is 16.3 Å². The Bertz CT molecular complexity index is 1060. The number of para-hydroxylation sites is 1. The molecule has 30 heavy (non-hydrogen) atoms. The van der Waals surface area contributed by atoms with Crippen molar-refractivity contribution >= 4 is 17.5 Å². The fraction of sp³-hybridized carbons (Fsp3) is 0.316. The summed E-state index contributed by atoms with van der Waals surface area (Å²) in [6, 6.07) is 8.90. The lowest BCUT2D eigenvalue weighted by Gasteiger charge is -2.21. The molecular formula is C19H19ClF3N5O2. The Hall–Kier alpha value is -3.01. The maximum atomic E-state index is 13.3. The van der Waals surface area contributed by atoms with Crippen LogP contribution >= 0.6 is 11.6 Å². The van der Waals surface area contributed by atoms with Gasteiger partial charge in [0.05, 0.1) is 22.9 Å². The molecule has 160 valence electrons. The van der Waals surface area contributed by atoms with Crippen LogP contribution in [0.3, 0.4) is 0 Å². The summed E-state index contributed by atoms with van der Waals surface area (Å²) in [6.45, 7) is 4.85. The largest absolute Gasteiger partial charge is 0.450 e. The number of amides is 1. The molecule has 0 spiro atoms. The van der Waals surface area contributed by atoms with Crippen LogP contribution in [0.5, 0.6) is 5.88 Å². The number of hydrogen-bond acceptors (Lipinski definition) is 4. The minimum Gasteiger partial charge on any atom is -0.450 e. The van der Waals surface area contributed by atoms with E-state index in [1.54, 1.807) is 32.0 Å². The van der Waals surface area contributed by atoms with Gasteiger partial charge in [-0.25, -0.2) is 4.68 Å². The van der Waals surface area contributed by atoms with Gasteiger partial charge in [0.1, 0.15) is 0 Å². The molecule has 0 aliphatic rings. The summed E-state index contributed by atoms with van der Waals surface area (Å²) in [5.41, 5.74) is 0.489. The van der Waals surface area contributed by atoms with Gasteiger partial charge in [0, 0.05) is 18.7 Å². The third kappa shape index (κ3) is 4.76. The number of halogens is 4. The zero-order valence-electron chi connectivity index (χ0n) is 16.4. The molecule has 7 nitrogen and oxygen atoms in total. The zero-order chi connectivity index (χ0) is 22.1. The Labute approximate surface area is 175 Å². The van der Waals surface area contributed by atoms with Gasteiger partial charge in [0.25, 0.3) is 0 Å². The first-order valence-electron chi connectivity index (χ1n) is 8.92. The average Bonchev–Trinajstić information content (AvgIpc) is 3.21.